The predicted octanol–water partition coefficient (Wildman–Crippen LogP) is 27.9. The average molecular weight is 1380 g/mol. The normalized spacial score (nSPS) is 14.2. The maximum atomic E-state index is 6.25. The van der Waals surface area contributed by atoms with Crippen LogP contribution in [0.3, 0.4) is 0 Å². The topological polar surface area (TPSA) is 27.9 Å². The zero-order chi connectivity index (χ0) is 69.9. The number of para-hydroxylation sites is 4. The van der Waals surface area contributed by atoms with E-state index < -0.39 is 0 Å². The van der Waals surface area contributed by atoms with Gasteiger partial charge in [0.25, 0.3) is 0 Å². The van der Waals surface area contributed by atoms with Gasteiger partial charge in [0, 0.05) is 123 Å². The number of thiophene rings is 2. The van der Waals surface area contributed by atoms with E-state index >= 15 is 0 Å². The van der Waals surface area contributed by atoms with Gasteiger partial charge in [-0.2, -0.15) is 0 Å². The van der Waals surface area contributed by atoms with Gasteiger partial charge in [-0.1, -0.05) is 230 Å². The van der Waals surface area contributed by atoms with Crippen LogP contribution in [-0.4, -0.2) is 13.7 Å². The number of hydrogen-bond acceptors (Lipinski definition) is 3. The van der Waals surface area contributed by atoms with E-state index in [1.54, 1.807) is 0 Å². The van der Waals surface area contributed by atoms with Crippen molar-refractivity contribution in [1.29, 1.82) is 0 Å². The molecule has 0 unspecified atom stereocenters. The summed E-state index contributed by atoms with van der Waals surface area (Å²) in [7, 11) is 0. The fourth-order valence-corrected chi connectivity index (χ4v) is 21.1. The Hall–Kier alpha value is -12.1. The zero-order valence-corrected chi connectivity index (χ0v) is 60.6. The molecule has 0 saturated heterocycles. The molecular formula is C99H69N3OS2. The fourth-order valence-electron chi connectivity index (χ4n) is 18.9. The van der Waals surface area contributed by atoms with Crippen molar-refractivity contribution in [1.82, 2.24) is 13.7 Å². The summed E-state index contributed by atoms with van der Waals surface area (Å²) >= 11 is 3.76. The summed E-state index contributed by atoms with van der Waals surface area (Å²) in [5.74, 6) is 0. The van der Waals surface area contributed by atoms with Gasteiger partial charge in [-0.15, -0.1) is 22.7 Å². The zero-order valence-electron chi connectivity index (χ0n) is 59.0. The Balaban J connectivity index is 0.0000000986. The maximum absolute atomic E-state index is 6.25. The van der Waals surface area contributed by atoms with Crippen LogP contribution in [-0.2, 0) is 16.2 Å². The maximum Gasteiger partial charge on any atom is 0.137 e. The highest BCUT2D eigenvalue weighted by Crippen LogP contribution is 2.55. The van der Waals surface area contributed by atoms with Crippen molar-refractivity contribution >= 4 is 150 Å². The van der Waals surface area contributed by atoms with E-state index in [9.17, 15) is 0 Å². The van der Waals surface area contributed by atoms with Gasteiger partial charge < -0.3 is 18.1 Å². The first-order valence-electron chi connectivity index (χ1n) is 36.6. The van der Waals surface area contributed by atoms with E-state index in [2.05, 4.69) is 352 Å². The van der Waals surface area contributed by atoms with Crippen LogP contribution in [0, 0.1) is 0 Å². The van der Waals surface area contributed by atoms with Gasteiger partial charge in [0.05, 0.1) is 33.1 Å². The highest BCUT2D eigenvalue weighted by molar-refractivity contribution is 7.26. The summed E-state index contributed by atoms with van der Waals surface area (Å²) in [5.41, 5.74) is 29.6. The number of hydrogen-bond donors (Lipinski definition) is 0. The monoisotopic (exact) mass is 1380 g/mol. The Morgan fingerprint density at radius 1 is 0.210 bits per heavy atom. The number of nitrogens with zero attached hydrogens (tertiary/aromatic N) is 3. The molecule has 0 radical (unpaired) electrons. The second-order valence-corrected chi connectivity index (χ2v) is 32.8. The lowest BCUT2D eigenvalue weighted by atomic mass is 9.82. The van der Waals surface area contributed by atoms with E-state index in [1.807, 2.05) is 34.8 Å². The molecule has 0 bridgehead atoms. The van der Waals surface area contributed by atoms with Gasteiger partial charge in [0.2, 0.25) is 0 Å². The van der Waals surface area contributed by atoms with Crippen LogP contribution in [0.4, 0.5) is 0 Å². The van der Waals surface area contributed by atoms with E-state index in [0.717, 1.165) is 27.6 Å². The van der Waals surface area contributed by atoms with Crippen LogP contribution in [0.5, 0.6) is 0 Å². The van der Waals surface area contributed by atoms with Gasteiger partial charge in [0.15, 0.2) is 0 Å². The number of furan rings is 1. The molecule has 6 aromatic heterocycles. The third kappa shape index (κ3) is 8.61. The van der Waals surface area contributed by atoms with Crippen LogP contribution >= 0.6 is 22.7 Å². The fraction of sp³-hybridized carbons (Fsp3) is 0.0909. The minimum Gasteiger partial charge on any atom is -0.456 e. The molecule has 6 heterocycles. The molecule has 0 spiro atoms. The molecule has 498 valence electrons. The van der Waals surface area contributed by atoms with Gasteiger partial charge in [-0.3, -0.25) is 0 Å². The first-order chi connectivity index (χ1) is 51.3. The second-order valence-electron chi connectivity index (χ2n) is 30.7. The van der Waals surface area contributed by atoms with Gasteiger partial charge in [-0.25, -0.2) is 0 Å². The molecule has 15 aromatic carbocycles. The van der Waals surface area contributed by atoms with Crippen molar-refractivity contribution in [3.05, 3.63) is 343 Å². The average Bonchev–Trinajstić information content (AvgIpc) is 1.56. The lowest BCUT2D eigenvalue weighted by Gasteiger charge is -2.21. The Kier molecular flexibility index (Phi) is 12.7. The van der Waals surface area contributed by atoms with Gasteiger partial charge >= 0.3 is 0 Å². The van der Waals surface area contributed by atoms with Crippen molar-refractivity contribution in [2.24, 2.45) is 0 Å². The highest BCUT2D eigenvalue weighted by atomic mass is 32.1. The lowest BCUT2D eigenvalue weighted by molar-refractivity contribution is 0.661. The Morgan fingerprint density at radius 2 is 0.543 bits per heavy atom. The first-order valence-corrected chi connectivity index (χ1v) is 38.2. The molecule has 0 aliphatic heterocycles. The van der Waals surface area contributed by atoms with Crippen molar-refractivity contribution in [2.75, 3.05) is 0 Å². The molecule has 0 atom stereocenters. The van der Waals surface area contributed by atoms with Crippen LogP contribution < -0.4 is 0 Å². The molecule has 0 amide bonds. The third-order valence-electron chi connectivity index (χ3n) is 24.0. The van der Waals surface area contributed by atoms with Crippen molar-refractivity contribution in [2.45, 2.75) is 57.8 Å². The predicted molar refractivity (Wildman–Crippen MR) is 448 cm³/mol. The summed E-state index contributed by atoms with van der Waals surface area (Å²) in [4.78, 5) is 0. The van der Waals surface area contributed by atoms with Crippen LogP contribution in [0.2, 0.25) is 0 Å². The molecule has 0 N–H and O–H groups in total. The van der Waals surface area contributed by atoms with E-state index in [0.29, 0.717) is 0 Å². The molecule has 3 aliphatic carbocycles. The lowest BCUT2D eigenvalue weighted by Crippen LogP contribution is -2.14. The number of rotatable bonds is 3. The molecule has 3 aliphatic rings. The minimum absolute atomic E-state index is 0.000688. The molecule has 24 rings (SSSR count). The van der Waals surface area contributed by atoms with Crippen molar-refractivity contribution in [3.63, 3.8) is 0 Å². The quantitative estimate of drug-likeness (QED) is 0.173. The van der Waals surface area contributed by atoms with Crippen LogP contribution in [0.15, 0.2) is 314 Å². The summed E-state index contributed by atoms with van der Waals surface area (Å²) in [6, 6.07) is 114. The number of fused-ring (bicyclic) bond motifs is 27. The molecule has 4 nitrogen and oxygen atoms in total. The second kappa shape index (κ2) is 22.0. The molecule has 0 saturated carbocycles. The Labute approximate surface area is 615 Å². The van der Waals surface area contributed by atoms with Crippen molar-refractivity contribution < 1.29 is 4.42 Å². The molecule has 21 aromatic rings. The number of aromatic nitrogens is 3. The van der Waals surface area contributed by atoms with E-state index in [-0.39, 0.29) is 16.2 Å². The molecule has 6 heteroatoms. The smallest absolute Gasteiger partial charge is 0.137 e. The SMILES string of the molecule is CC1(C)c2ccccc2-c2cc3c(cc21)c1ccccc1n3-c1ccc2c(c1)oc1ccccc12.CC1(C)c2ccccc2-c2cc3c(cc21)c1ccccc1n3-c1ccc2c(c1)sc1ccccc12.CC1(C)c2ccccc2-c2cc3c(cc21)c1ccccc1n3-c1ccc2sc3ccccc3c2c1. The Morgan fingerprint density at radius 3 is 1.03 bits per heavy atom. The van der Waals surface area contributed by atoms with Crippen molar-refractivity contribution in [3.8, 4) is 50.4 Å². The standard InChI is InChI=1S/C33H23NO.2C33H23NS/c1-33(2)27-12-6-3-9-21(27)25-19-30-26(18-28(25)33)22-10-4-7-13-29(22)34(30)20-15-16-24-23-11-5-8-14-31(23)35-32(24)17-20;1-33(2)27-12-6-3-9-21(27)24-19-30-25(18-28(24)33)22-10-4-7-13-29(22)34(30)20-15-16-32-26(17-20)23-11-5-8-14-31(23)35-32;1-33(2)27-12-6-3-9-21(27)25-19-30-26(18-28(25)33)22-10-4-7-13-29(22)34(30)20-15-16-24-23-11-5-8-14-31(23)35-32(24)17-20/h3*3-19H,1-2H3. The highest BCUT2D eigenvalue weighted by Gasteiger charge is 2.39. The third-order valence-corrected chi connectivity index (χ3v) is 26.3. The van der Waals surface area contributed by atoms with Gasteiger partial charge in [-0.05, 0) is 182 Å². The van der Waals surface area contributed by atoms with E-state index in [4.69, 9.17) is 4.42 Å². The summed E-state index contributed by atoms with van der Waals surface area (Å²) in [5, 5.41) is 15.5. The first kappa shape index (κ1) is 60.5. The van der Waals surface area contributed by atoms with Crippen LogP contribution in [0.25, 0.3) is 178 Å². The molecule has 0 fully saturated rings. The Bertz CT molecular complexity index is 7030. The minimum atomic E-state index is -0.0174. The summed E-state index contributed by atoms with van der Waals surface area (Å²) in [6.07, 6.45) is 0. The van der Waals surface area contributed by atoms with Gasteiger partial charge in [0.1, 0.15) is 11.2 Å². The molecular weight excluding hydrogens is 1310 g/mol. The number of benzene rings is 15. The summed E-state index contributed by atoms with van der Waals surface area (Å²) < 4.78 is 18.9. The summed E-state index contributed by atoms with van der Waals surface area (Å²) in [6.45, 7) is 14.1. The largest absolute Gasteiger partial charge is 0.456 e. The molecule has 105 heavy (non-hydrogen) atoms. The van der Waals surface area contributed by atoms with Crippen LogP contribution in [0.1, 0.15) is 74.9 Å². The van der Waals surface area contributed by atoms with E-state index in [1.165, 1.54) is 184 Å².